The fourth-order valence-electron chi connectivity index (χ4n) is 2.32. The highest BCUT2D eigenvalue weighted by Gasteiger charge is 2.21. The molecule has 0 bridgehead atoms. The number of carbonyl (C=O) groups is 1. The highest BCUT2D eigenvalue weighted by Crippen LogP contribution is 2.19. The van der Waals surface area contributed by atoms with Gasteiger partial charge in [0.25, 0.3) is 5.91 Å². The largest absolute Gasteiger partial charge is 0.394 e. The van der Waals surface area contributed by atoms with Gasteiger partial charge in [-0.15, -0.1) is 0 Å². The zero-order chi connectivity index (χ0) is 15.5. The summed E-state index contributed by atoms with van der Waals surface area (Å²) in [7, 11) is 0. The van der Waals surface area contributed by atoms with Crippen molar-refractivity contribution in [1.82, 2.24) is 14.7 Å². The number of halogens is 1. The van der Waals surface area contributed by atoms with Crippen LogP contribution in [0.25, 0.3) is 5.65 Å². The maximum Gasteiger partial charge on any atom is 0.272 e. The first-order chi connectivity index (χ1) is 10.7. The van der Waals surface area contributed by atoms with E-state index in [1.807, 2.05) is 36.4 Å². The monoisotopic (exact) mass is 315 g/mol. The summed E-state index contributed by atoms with van der Waals surface area (Å²) in [5.41, 5.74) is 1.67. The molecule has 0 aliphatic heterocycles. The van der Waals surface area contributed by atoms with E-state index in [0.717, 1.165) is 5.56 Å². The van der Waals surface area contributed by atoms with Crippen LogP contribution in [0.4, 0.5) is 0 Å². The predicted octanol–water partition coefficient (Wildman–Crippen LogP) is 2.45. The van der Waals surface area contributed by atoms with Crippen LogP contribution in [0.3, 0.4) is 0 Å². The van der Waals surface area contributed by atoms with Crippen molar-refractivity contribution in [2.24, 2.45) is 0 Å². The molecule has 3 aromatic rings. The van der Waals surface area contributed by atoms with E-state index in [0.29, 0.717) is 5.65 Å². The minimum absolute atomic E-state index is 0.133. The molecule has 112 valence electrons. The molecule has 1 aromatic carbocycles. The van der Waals surface area contributed by atoms with E-state index < -0.39 is 6.04 Å². The highest BCUT2D eigenvalue weighted by molar-refractivity contribution is 6.32. The lowest BCUT2D eigenvalue weighted by Gasteiger charge is -2.16. The summed E-state index contributed by atoms with van der Waals surface area (Å²) < 4.78 is 1.62. The number of hydrogen-bond donors (Lipinski definition) is 2. The Labute approximate surface area is 132 Å². The third-order valence-electron chi connectivity index (χ3n) is 3.39. The summed E-state index contributed by atoms with van der Waals surface area (Å²) >= 11 is 6.08. The maximum absolute atomic E-state index is 12.5. The predicted molar refractivity (Wildman–Crippen MR) is 83.9 cm³/mol. The second kappa shape index (κ2) is 6.17. The van der Waals surface area contributed by atoms with Gasteiger partial charge in [-0.25, -0.2) is 4.98 Å². The Morgan fingerprint density at radius 1 is 1.23 bits per heavy atom. The van der Waals surface area contributed by atoms with Crippen LogP contribution in [0.1, 0.15) is 22.1 Å². The maximum atomic E-state index is 12.5. The molecule has 0 radical (unpaired) electrons. The first-order valence-electron chi connectivity index (χ1n) is 6.80. The quantitative estimate of drug-likeness (QED) is 0.777. The van der Waals surface area contributed by atoms with Crippen molar-refractivity contribution < 1.29 is 9.90 Å². The second-order valence-corrected chi connectivity index (χ2v) is 5.16. The van der Waals surface area contributed by atoms with Gasteiger partial charge < -0.3 is 10.4 Å². The number of carbonyl (C=O) groups excluding carboxylic acids is 1. The molecule has 0 aliphatic rings. The van der Waals surface area contributed by atoms with E-state index in [1.54, 1.807) is 22.7 Å². The average molecular weight is 316 g/mol. The fraction of sp³-hybridized carbons (Fsp3) is 0.125. The summed E-state index contributed by atoms with van der Waals surface area (Å²) in [5, 5.41) is 12.5. The minimum atomic E-state index is -0.501. The van der Waals surface area contributed by atoms with Crippen LogP contribution in [-0.4, -0.2) is 27.0 Å². The molecule has 1 unspecified atom stereocenters. The molecular formula is C16H14ClN3O2. The number of fused-ring (bicyclic) bond motifs is 1. The van der Waals surface area contributed by atoms with Crippen LogP contribution >= 0.6 is 11.6 Å². The first-order valence-corrected chi connectivity index (χ1v) is 7.17. The number of nitrogens with zero attached hydrogens (tertiary/aromatic N) is 2. The minimum Gasteiger partial charge on any atom is -0.394 e. The van der Waals surface area contributed by atoms with E-state index in [-0.39, 0.29) is 23.4 Å². The number of rotatable bonds is 4. The van der Waals surface area contributed by atoms with E-state index in [2.05, 4.69) is 10.3 Å². The topological polar surface area (TPSA) is 66.6 Å². The van der Waals surface area contributed by atoms with Crippen LogP contribution in [-0.2, 0) is 0 Å². The van der Waals surface area contributed by atoms with Gasteiger partial charge in [0, 0.05) is 6.20 Å². The number of aromatic nitrogens is 2. The van der Waals surface area contributed by atoms with Gasteiger partial charge in [0.2, 0.25) is 0 Å². The number of pyridine rings is 1. The Balaban J connectivity index is 1.91. The average Bonchev–Trinajstić information content (AvgIpc) is 2.89. The number of benzene rings is 1. The van der Waals surface area contributed by atoms with Gasteiger partial charge in [0.1, 0.15) is 5.65 Å². The summed E-state index contributed by atoms with van der Waals surface area (Å²) in [6.07, 6.45) is 1.72. The first kappa shape index (κ1) is 14.6. The van der Waals surface area contributed by atoms with Crippen LogP contribution in [0.5, 0.6) is 0 Å². The molecule has 2 N–H and O–H groups in total. The molecule has 3 rings (SSSR count). The highest BCUT2D eigenvalue weighted by atomic mass is 35.5. The molecule has 0 fully saturated rings. The van der Waals surface area contributed by atoms with Gasteiger partial charge in [-0.1, -0.05) is 48.0 Å². The summed E-state index contributed by atoms with van der Waals surface area (Å²) in [6.45, 7) is -0.204. The van der Waals surface area contributed by atoms with Crippen molar-refractivity contribution in [3.8, 4) is 0 Å². The molecule has 1 atom stereocenters. The standard InChI is InChI=1S/C16H14ClN3O2/c17-15-14(20-9-5-4-8-13(20)19-15)16(22)18-12(10-21)11-6-2-1-3-7-11/h1-9,12,21H,10H2,(H,18,22). The molecule has 22 heavy (non-hydrogen) atoms. The second-order valence-electron chi connectivity index (χ2n) is 4.80. The van der Waals surface area contributed by atoms with Crippen LogP contribution in [0.2, 0.25) is 5.15 Å². The van der Waals surface area contributed by atoms with Crippen molar-refractivity contribution in [2.75, 3.05) is 6.61 Å². The number of nitrogens with one attached hydrogen (secondary N) is 1. The van der Waals surface area contributed by atoms with Crippen molar-refractivity contribution in [3.63, 3.8) is 0 Å². The number of imidazole rings is 1. The van der Waals surface area contributed by atoms with Gasteiger partial charge in [0.15, 0.2) is 10.8 Å². The van der Waals surface area contributed by atoms with Crippen LogP contribution < -0.4 is 5.32 Å². The van der Waals surface area contributed by atoms with Gasteiger partial charge >= 0.3 is 0 Å². The number of amides is 1. The number of aliphatic hydroxyl groups is 1. The van der Waals surface area contributed by atoms with E-state index in [9.17, 15) is 9.90 Å². The SMILES string of the molecule is O=C(NC(CO)c1ccccc1)c1c(Cl)nc2ccccn12. The van der Waals surface area contributed by atoms with E-state index >= 15 is 0 Å². The van der Waals surface area contributed by atoms with Crippen LogP contribution in [0.15, 0.2) is 54.7 Å². The molecule has 2 aromatic heterocycles. The molecule has 0 spiro atoms. The van der Waals surface area contributed by atoms with Gasteiger partial charge in [-0.3, -0.25) is 9.20 Å². The van der Waals surface area contributed by atoms with Crippen molar-refractivity contribution in [3.05, 3.63) is 71.1 Å². The Kier molecular flexibility index (Phi) is 4.09. The van der Waals surface area contributed by atoms with E-state index in [1.165, 1.54) is 0 Å². The number of hydrogen-bond acceptors (Lipinski definition) is 3. The Hall–Kier alpha value is -2.37. The smallest absolute Gasteiger partial charge is 0.272 e. The number of aliphatic hydroxyl groups excluding tert-OH is 1. The lowest BCUT2D eigenvalue weighted by atomic mass is 10.1. The fourth-order valence-corrected chi connectivity index (χ4v) is 2.58. The molecule has 0 saturated heterocycles. The molecule has 6 heteroatoms. The molecular weight excluding hydrogens is 302 g/mol. The third kappa shape index (κ3) is 2.68. The zero-order valence-corrected chi connectivity index (χ0v) is 12.4. The summed E-state index contributed by atoms with van der Waals surface area (Å²) in [5.74, 6) is -0.383. The van der Waals surface area contributed by atoms with Gasteiger partial charge in [0.05, 0.1) is 12.6 Å². The Morgan fingerprint density at radius 3 is 2.68 bits per heavy atom. The summed E-state index contributed by atoms with van der Waals surface area (Å²) in [6, 6.07) is 14.2. The van der Waals surface area contributed by atoms with Crippen molar-refractivity contribution >= 4 is 23.2 Å². The molecule has 5 nitrogen and oxygen atoms in total. The Bertz CT molecular complexity index is 802. The molecule has 0 saturated carbocycles. The Morgan fingerprint density at radius 2 is 1.95 bits per heavy atom. The van der Waals surface area contributed by atoms with Crippen molar-refractivity contribution in [1.29, 1.82) is 0 Å². The van der Waals surface area contributed by atoms with E-state index in [4.69, 9.17) is 11.6 Å². The lowest BCUT2D eigenvalue weighted by molar-refractivity contribution is 0.0910. The van der Waals surface area contributed by atoms with Gasteiger partial charge in [-0.2, -0.15) is 0 Å². The summed E-state index contributed by atoms with van der Waals surface area (Å²) in [4.78, 5) is 16.7. The molecule has 0 aliphatic carbocycles. The zero-order valence-electron chi connectivity index (χ0n) is 11.6. The normalized spacial score (nSPS) is 12.3. The molecule has 2 heterocycles. The lowest BCUT2D eigenvalue weighted by Crippen LogP contribution is -2.31. The third-order valence-corrected chi connectivity index (χ3v) is 3.66. The molecule has 1 amide bonds. The van der Waals surface area contributed by atoms with Crippen molar-refractivity contribution in [2.45, 2.75) is 6.04 Å². The van der Waals surface area contributed by atoms with Crippen LogP contribution in [0, 0.1) is 0 Å². The van der Waals surface area contributed by atoms with Gasteiger partial charge in [-0.05, 0) is 17.7 Å².